The van der Waals surface area contributed by atoms with E-state index in [1.165, 1.54) is 51.4 Å². The van der Waals surface area contributed by atoms with Gasteiger partial charge in [0.2, 0.25) is 0 Å². The van der Waals surface area contributed by atoms with E-state index in [4.69, 9.17) is 0 Å². The minimum atomic E-state index is -0.0187. The first kappa shape index (κ1) is 22.9. The van der Waals surface area contributed by atoms with Crippen molar-refractivity contribution in [2.45, 2.75) is 112 Å². The van der Waals surface area contributed by atoms with Crippen LogP contribution in [0, 0.1) is 58.2 Å². The van der Waals surface area contributed by atoms with Crippen molar-refractivity contribution in [1.29, 1.82) is 0 Å². The maximum atomic E-state index is 10.3. The molecule has 0 aliphatic heterocycles. The summed E-state index contributed by atoms with van der Waals surface area (Å²) in [5.41, 5.74) is 1.07. The van der Waals surface area contributed by atoms with Gasteiger partial charge in [0.05, 0.1) is 6.10 Å². The van der Waals surface area contributed by atoms with Crippen molar-refractivity contribution in [3.63, 3.8) is 0 Å². The number of rotatable bonds is 5. The van der Waals surface area contributed by atoms with Crippen LogP contribution in [0.1, 0.15) is 106 Å². The third kappa shape index (κ3) is 3.74. The Bertz CT molecular complexity index is 622. The van der Waals surface area contributed by atoms with Gasteiger partial charge in [-0.25, -0.2) is 0 Å². The molecule has 10 atom stereocenters. The Hall–Kier alpha value is -0.300. The van der Waals surface area contributed by atoms with Gasteiger partial charge in [-0.2, -0.15) is 0 Å². The second kappa shape index (κ2) is 8.57. The first-order chi connectivity index (χ1) is 14.2. The lowest BCUT2D eigenvalue weighted by Crippen LogP contribution is -2.54. The lowest BCUT2D eigenvalue weighted by atomic mass is 9.44. The third-order valence-corrected chi connectivity index (χ3v) is 11.3. The van der Waals surface area contributed by atoms with E-state index in [1.807, 2.05) is 0 Å². The zero-order chi connectivity index (χ0) is 21.7. The van der Waals surface area contributed by atoms with Gasteiger partial charge in [0.1, 0.15) is 0 Å². The van der Waals surface area contributed by atoms with Gasteiger partial charge >= 0.3 is 0 Å². The molecule has 1 nitrogen and oxygen atoms in total. The molecule has 4 saturated carbocycles. The zero-order valence-corrected chi connectivity index (χ0v) is 20.9. The molecule has 30 heavy (non-hydrogen) atoms. The van der Waals surface area contributed by atoms with Crippen LogP contribution in [0.25, 0.3) is 0 Å². The number of fused-ring (bicyclic) bond motifs is 5. The second-order valence-electron chi connectivity index (χ2n) is 12.9. The van der Waals surface area contributed by atoms with Crippen LogP contribution >= 0.6 is 0 Å². The number of aliphatic hydroxyl groups excluding tert-OH is 1. The summed E-state index contributed by atoms with van der Waals surface area (Å²) in [6, 6.07) is 0. The highest BCUT2D eigenvalue weighted by molar-refractivity contribution is 5.11. The molecule has 0 heterocycles. The van der Waals surface area contributed by atoms with Crippen LogP contribution in [0.5, 0.6) is 0 Å². The molecule has 0 bridgehead atoms. The van der Waals surface area contributed by atoms with Crippen molar-refractivity contribution < 1.29 is 5.11 Å². The van der Waals surface area contributed by atoms with Gasteiger partial charge in [0, 0.05) is 0 Å². The van der Waals surface area contributed by atoms with Gasteiger partial charge in [-0.15, -0.1) is 0 Å². The number of hydrogen-bond acceptors (Lipinski definition) is 1. The molecule has 0 unspecified atom stereocenters. The monoisotopic (exact) mass is 414 g/mol. The Balaban J connectivity index is 1.49. The Morgan fingerprint density at radius 2 is 1.57 bits per heavy atom. The Morgan fingerprint density at radius 1 is 0.867 bits per heavy atom. The Labute approximate surface area is 187 Å². The first-order valence-corrected chi connectivity index (χ1v) is 13.6. The fourth-order valence-electron chi connectivity index (χ4n) is 9.42. The maximum absolute atomic E-state index is 10.3. The number of allylic oxidation sites excluding steroid dienone is 2. The molecular formula is C29H50O. The first-order valence-electron chi connectivity index (χ1n) is 13.6. The summed E-state index contributed by atoms with van der Waals surface area (Å²) < 4.78 is 0. The lowest BCUT2D eigenvalue weighted by Gasteiger charge is -2.61. The Kier molecular flexibility index (Phi) is 6.53. The minimum Gasteiger partial charge on any atom is -0.393 e. The van der Waals surface area contributed by atoms with E-state index in [-0.39, 0.29) is 6.10 Å². The molecule has 1 heteroatoms. The highest BCUT2D eigenvalue weighted by Crippen LogP contribution is 2.68. The molecule has 0 amide bonds. The molecule has 0 aromatic carbocycles. The van der Waals surface area contributed by atoms with Gasteiger partial charge in [-0.1, -0.05) is 53.7 Å². The minimum absolute atomic E-state index is 0.0187. The highest BCUT2D eigenvalue weighted by Gasteiger charge is 2.60. The predicted molar refractivity (Wildman–Crippen MR) is 128 cm³/mol. The van der Waals surface area contributed by atoms with E-state index >= 15 is 0 Å². The topological polar surface area (TPSA) is 20.2 Å². The van der Waals surface area contributed by atoms with E-state index in [2.05, 4.69) is 53.7 Å². The van der Waals surface area contributed by atoms with Gasteiger partial charge in [0.15, 0.2) is 0 Å². The van der Waals surface area contributed by atoms with Crippen molar-refractivity contribution in [1.82, 2.24) is 0 Å². The van der Waals surface area contributed by atoms with Crippen LogP contribution in [-0.4, -0.2) is 11.2 Å². The number of hydrogen-bond donors (Lipinski definition) is 1. The molecule has 4 aliphatic carbocycles. The SMILES string of the molecule is CC[C@H](/C=C/[C@H](C)[C@H]1CC[C@H]2[C@@H]3CC[C@H]4C[C@H](O)CC[C@]4(C)[C@H]3CC[C@]12C)C(C)C. The van der Waals surface area contributed by atoms with Crippen molar-refractivity contribution in [3.8, 4) is 0 Å². The summed E-state index contributed by atoms with van der Waals surface area (Å²) in [5, 5.41) is 10.3. The zero-order valence-electron chi connectivity index (χ0n) is 20.9. The molecule has 4 fully saturated rings. The van der Waals surface area contributed by atoms with E-state index in [0.717, 1.165) is 60.2 Å². The second-order valence-corrected chi connectivity index (χ2v) is 12.9. The molecule has 172 valence electrons. The van der Waals surface area contributed by atoms with Crippen LogP contribution in [0.4, 0.5) is 0 Å². The van der Waals surface area contributed by atoms with Crippen LogP contribution < -0.4 is 0 Å². The van der Waals surface area contributed by atoms with Crippen molar-refractivity contribution in [2.24, 2.45) is 58.2 Å². The molecule has 4 aliphatic rings. The third-order valence-electron chi connectivity index (χ3n) is 11.3. The predicted octanol–water partition coefficient (Wildman–Crippen LogP) is 7.88. The molecular weight excluding hydrogens is 364 g/mol. The summed E-state index contributed by atoms with van der Waals surface area (Å²) in [5.74, 6) is 6.72. The molecule has 0 saturated heterocycles. The standard InChI is InChI=1S/C29H50O/c1-7-21(19(2)3)9-8-20(4)25-12-13-26-24-11-10-22-18-23(30)14-16-28(22,5)27(24)15-17-29(25,26)6/h8-9,19-27,30H,7,10-18H2,1-6H3/b9-8+/t20-,21+,22-,23+,24-,25+,26-,27-,28-,29+/m0/s1. The Morgan fingerprint density at radius 3 is 2.27 bits per heavy atom. The van der Waals surface area contributed by atoms with Crippen molar-refractivity contribution in [3.05, 3.63) is 12.2 Å². The highest BCUT2D eigenvalue weighted by atomic mass is 16.3. The van der Waals surface area contributed by atoms with Gasteiger partial charge in [-0.05, 0) is 122 Å². The molecule has 0 aromatic rings. The maximum Gasteiger partial charge on any atom is 0.0543 e. The summed E-state index contributed by atoms with van der Waals surface area (Å²) in [6.07, 6.45) is 18.5. The molecule has 1 N–H and O–H groups in total. The summed E-state index contributed by atoms with van der Waals surface area (Å²) in [6.45, 7) is 14.9. The van der Waals surface area contributed by atoms with E-state index < -0.39 is 0 Å². The molecule has 0 aromatic heterocycles. The van der Waals surface area contributed by atoms with Gasteiger partial charge < -0.3 is 5.11 Å². The van der Waals surface area contributed by atoms with Crippen LogP contribution in [0.15, 0.2) is 12.2 Å². The quantitative estimate of drug-likeness (QED) is 0.454. The van der Waals surface area contributed by atoms with Crippen LogP contribution in [0.2, 0.25) is 0 Å². The van der Waals surface area contributed by atoms with Crippen LogP contribution in [-0.2, 0) is 0 Å². The normalized spacial score (nSPS) is 48.3. The number of aliphatic hydroxyl groups is 1. The van der Waals surface area contributed by atoms with Crippen molar-refractivity contribution >= 4 is 0 Å². The fraction of sp³-hybridized carbons (Fsp3) is 0.931. The summed E-state index contributed by atoms with van der Waals surface area (Å²) in [4.78, 5) is 0. The van der Waals surface area contributed by atoms with Gasteiger partial charge in [0.25, 0.3) is 0 Å². The smallest absolute Gasteiger partial charge is 0.0543 e. The summed E-state index contributed by atoms with van der Waals surface area (Å²) in [7, 11) is 0. The summed E-state index contributed by atoms with van der Waals surface area (Å²) >= 11 is 0. The van der Waals surface area contributed by atoms with Gasteiger partial charge in [-0.3, -0.25) is 0 Å². The fourth-order valence-corrected chi connectivity index (χ4v) is 9.42. The van der Waals surface area contributed by atoms with E-state index in [9.17, 15) is 5.11 Å². The molecule has 0 radical (unpaired) electrons. The van der Waals surface area contributed by atoms with Crippen molar-refractivity contribution in [2.75, 3.05) is 0 Å². The largest absolute Gasteiger partial charge is 0.393 e. The van der Waals surface area contributed by atoms with Crippen LogP contribution in [0.3, 0.4) is 0 Å². The average molecular weight is 415 g/mol. The molecule has 4 rings (SSSR count). The van der Waals surface area contributed by atoms with E-state index in [0.29, 0.717) is 10.8 Å². The van der Waals surface area contributed by atoms with E-state index in [1.54, 1.807) is 0 Å². The lowest BCUT2D eigenvalue weighted by molar-refractivity contribution is -0.128. The molecule has 0 spiro atoms. The average Bonchev–Trinajstić information content (AvgIpc) is 3.06.